The summed E-state index contributed by atoms with van der Waals surface area (Å²) in [5.41, 5.74) is 0.986. The van der Waals surface area contributed by atoms with Crippen molar-refractivity contribution < 1.29 is 9.18 Å². The van der Waals surface area contributed by atoms with Crippen molar-refractivity contribution in [2.75, 3.05) is 6.54 Å². The van der Waals surface area contributed by atoms with Crippen LogP contribution in [0.25, 0.3) is 0 Å². The first-order valence-corrected chi connectivity index (χ1v) is 6.56. The lowest BCUT2D eigenvalue weighted by molar-refractivity contribution is -0.133. The molecule has 1 atom stereocenters. The highest BCUT2D eigenvalue weighted by molar-refractivity contribution is 14.1. The van der Waals surface area contributed by atoms with Crippen molar-refractivity contribution in [2.24, 2.45) is 0 Å². The molecule has 0 bridgehead atoms. The van der Waals surface area contributed by atoms with E-state index in [1.807, 2.05) is 4.90 Å². The van der Waals surface area contributed by atoms with Crippen molar-refractivity contribution in [3.63, 3.8) is 0 Å². The molecule has 1 aromatic rings. The maximum Gasteiger partial charge on any atom is 0.222 e. The quantitative estimate of drug-likeness (QED) is 0.602. The first-order valence-electron chi connectivity index (χ1n) is 5.31. The van der Waals surface area contributed by atoms with Crippen molar-refractivity contribution in [1.29, 1.82) is 0 Å². The molecule has 86 valence electrons. The van der Waals surface area contributed by atoms with E-state index in [0.717, 1.165) is 18.5 Å². The van der Waals surface area contributed by atoms with Gasteiger partial charge in [0, 0.05) is 23.4 Å². The van der Waals surface area contributed by atoms with Crippen molar-refractivity contribution in [3.05, 3.63) is 35.6 Å². The summed E-state index contributed by atoms with van der Waals surface area (Å²) in [4.78, 5) is 13.5. The van der Waals surface area contributed by atoms with Crippen LogP contribution in [-0.2, 0) is 11.3 Å². The van der Waals surface area contributed by atoms with E-state index < -0.39 is 0 Å². The Kier molecular flexibility index (Phi) is 3.78. The Hall–Kier alpha value is -0.650. The van der Waals surface area contributed by atoms with Crippen LogP contribution in [0, 0.1) is 5.82 Å². The van der Waals surface area contributed by atoms with E-state index in [2.05, 4.69) is 22.6 Å². The Morgan fingerprint density at radius 1 is 1.38 bits per heavy atom. The van der Waals surface area contributed by atoms with E-state index in [4.69, 9.17) is 0 Å². The highest BCUT2D eigenvalue weighted by Gasteiger charge is 2.23. The van der Waals surface area contributed by atoms with Gasteiger partial charge in [0.1, 0.15) is 5.82 Å². The maximum absolute atomic E-state index is 12.7. The number of hydrogen-bond donors (Lipinski definition) is 0. The number of likely N-dealkylation sites (tertiary alicyclic amines) is 1. The lowest BCUT2D eigenvalue weighted by Gasteiger charge is -2.30. The average Bonchev–Trinajstić information content (AvgIpc) is 2.27. The molecule has 1 amide bonds. The number of piperidine rings is 1. The molecule has 0 N–H and O–H groups in total. The van der Waals surface area contributed by atoms with Gasteiger partial charge in [-0.05, 0) is 24.1 Å². The van der Waals surface area contributed by atoms with E-state index in [9.17, 15) is 9.18 Å². The number of halogens is 2. The lowest BCUT2D eigenvalue weighted by Crippen LogP contribution is -2.39. The smallest absolute Gasteiger partial charge is 0.222 e. The van der Waals surface area contributed by atoms with Crippen molar-refractivity contribution in [1.82, 2.24) is 4.90 Å². The molecule has 2 rings (SSSR count). The van der Waals surface area contributed by atoms with Crippen LogP contribution in [-0.4, -0.2) is 21.3 Å². The number of nitrogens with zero attached hydrogens (tertiary/aromatic N) is 1. The van der Waals surface area contributed by atoms with Crippen molar-refractivity contribution in [2.45, 2.75) is 23.3 Å². The zero-order valence-corrected chi connectivity index (χ0v) is 11.0. The predicted molar refractivity (Wildman–Crippen MR) is 68.9 cm³/mol. The topological polar surface area (TPSA) is 20.3 Å². The highest BCUT2D eigenvalue weighted by atomic mass is 127. The molecule has 0 radical (unpaired) electrons. The predicted octanol–water partition coefficient (Wildman–Crippen LogP) is 2.75. The zero-order chi connectivity index (χ0) is 11.5. The lowest BCUT2D eigenvalue weighted by atomic mass is 10.1. The van der Waals surface area contributed by atoms with Crippen LogP contribution in [0.5, 0.6) is 0 Å². The summed E-state index contributed by atoms with van der Waals surface area (Å²) < 4.78 is 13.3. The first-order chi connectivity index (χ1) is 7.65. The summed E-state index contributed by atoms with van der Waals surface area (Å²) in [6.07, 6.45) is 1.61. The number of carbonyl (C=O) groups excluding carboxylic acids is 1. The standard InChI is InChI=1S/C12H13FINO/c13-10-3-1-9(2-4-10)7-15-8-11(14)5-6-12(15)16/h1-4,11H,5-8H2/t11-/m0/s1. The summed E-state index contributed by atoms with van der Waals surface area (Å²) in [6, 6.07) is 6.34. The molecule has 16 heavy (non-hydrogen) atoms. The van der Waals surface area contributed by atoms with Crippen LogP contribution in [0.4, 0.5) is 4.39 Å². The number of hydrogen-bond acceptors (Lipinski definition) is 1. The van der Waals surface area contributed by atoms with Gasteiger partial charge in [0.15, 0.2) is 0 Å². The fraction of sp³-hybridized carbons (Fsp3) is 0.417. The molecule has 1 heterocycles. The third-order valence-electron chi connectivity index (χ3n) is 2.73. The van der Waals surface area contributed by atoms with Crippen LogP contribution >= 0.6 is 22.6 Å². The van der Waals surface area contributed by atoms with Crippen LogP contribution in [0.3, 0.4) is 0 Å². The van der Waals surface area contributed by atoms with Gasteiger partial charge in [-0.2, -0.15) is 0 Å². The van der Waals surface area contributed by atoms with E-state index in [1.165, 1.54) is 12.1 Å². The largest absolute Gasteiger partial charge is 0.337 e. The number of benzene rings is 1. The summed E-state index contributed by atoms with van der Waals surface area (Å²) in [5.74, 6) is -0.0299. The molecule has 0 aromatic heterocycles. The number of amides is 1. The van der Waals surface area contributed by atoms with Crippen LogP contribution in [0.1, 0.15) is 18.4 Å². The second kappa shape index (κ2) is 5.12. The number of carbonyl (C=O) groups is 1. The van der Waals surface area contributed by atoms with Gasteiger partial charge >= 0.3 is 0 Å². The second-order valence-electron chi connectivity index (χ2n) is 4.04. The van der Waals surface area contributed by atoms with Gasteiger partial charge < -0.3 is 4.90 Å². The van der Waals surface area contributed by atoms with Crippen LogP contribution in [0.15, 0.2) is 24.3 Å². The molecular weight excluding hydrogens is 320 g/mol. The van der Waals surface area contributed by atoms with Gasteiger partial charge in [0.25, 0.3) is 0 Å². The molecule has 4 heteroatoms. The van der Waals surface area contributed by atoms with Crippen molar-refractivity contribution >= 4 is 28.5 Å². The van der Waals surface area contributed by atoms with Crippen molar-refractivity contribution in [3.8, 4) is 0 Å². The minimum Gasteiger partial charge on any atom is -0.337 e. The van der Waals surface area contributed by atoms with E-state index in [1.54, 1.807) is 12.1 Å². The monoisotopic (exact) mass is 333 g/mol. The van der Waals surface area contributed by atoms with Gasteiger partial charge in [-0.3, -0.25) is 4.79 Å². The van der Waals surface area contributed by atoms with Gasteiger partial charge in [0.2, 0.25) is 5.91 Å². The molecule has 0 aliphatic carbocycles. The summed E-state index contributed by atoms with van der Waals surface area (Å²) in [5, 5.41) is 0. The molecule has 1 aliphatic rings. The molecule has 0 spiro atoms. The van der Waals surface area contributed by atoms with E-state index in [0.29, 0.717) is 16.9 Å². The summed E-state index contributed by atoms with van der Waals surface area (Å²) >= 11 is 2.38. The summed E-state index contributed by atoms with van der Waals surface area (Å²) in [7, 11) is 0. The molecule has 2 nitrogen and oxygen atoms in total. The molecule has 1 aromatic carbocycles. The van der Waals surface area contributed by atoms with E-state index >= 15 is 0 Å². The van der Waals surface area contributed by atoms with Crippen LogP contribution in [0.2, 0.25) is 0 Å². The normalized spacial score (nSPS) is 21.2. The number of rotatable bonds is 2. The SMILES string of the molecule is O=C1CC[C@H](I)CN1Cc1ccc(F)cc1. The Morgan fingerprint density at radius 3 is 2.75 bits per heavy atom. The van der Waals surface area contributed by atoms with Gasteiger partial charge in [-0.1, -0.05) is 34.7 Å². The van der Waals surface area contributed by atoms with Gasteiger partial charge in [-0.15, -0.1) is 0 Å². The Morgan fingerprint density at radius 2 is 2.06 bits per heavy atom. The Labute approximate surface area is 108 Å². The average molecular weight is 333 g/mol. The minimum atomic E-state index is -0.236. The third kappa shape index (κ3) is 2.93. The fourth-order valence-electron chi connectivity index (χ4n) is 1.83. The minimum absolute atomic E-state index is 0.206. The van der Waals surface area contributed by atoms with Gasteiger partial charge in [-0.25, -0.2) is 4.39 Å². The van der Waals surface area contributed by atoms with Crippen LogP contribution < -0.4 is 0 Å². The highest BCUT2D eigenvalue weighted by Crippen LogP contribution is 2.20. The molecule has 0 unspecified atom stereocenters. The number of alkyl halides is 1. The second-order valence-corrected chi connectivity index (χ2v) is 5.80. The third-order valence-corrected chi connectivity index (χ3v) is 3.75. The summed E-state index contributed by atoms with van der Waals surface area (Å²) in [6.45, 7) is 1.40. The zero-order valence-electron chi connectivity index (χ0n) is 8.83. The fourth-order valence-corrected chi connectivity index (χ4v) is 2.62. The molecular formula is C12H13FINO. The maximum atomic E-state index is 12.7. The van der Waals surface area contributed by atoms with Gasteiger partial charge in [0.05, 0.1) is 0 Å². The Balaban J connectivity index is 2.02. The molecule has 1 fully saturated rings. The van der Waals surface area contributed by atoms with E-state index in [-0.39, 0.29) is 11.7 Å². The molecule has 1 saturated heterocycles. The Bertz CT molecular complexity index is 379. The molecule has 0 saturated carbocycles. The first kappa shape index (κ1) is 11.8. The molecule has 1 aliphatic heterocycles.